The summed E-state index contributed by atoms with van der Waals surface area (Å²) in [5, 5.41) is 5.68. The maximum absolute atomic E-state index is 12.0. The molecule has 3 amide bonds. The fraction of sp³-hybridized carbons (Fsp3) is 0.467. The molecule has 2 N–H and O–H groups in total. The Labute approximate surface area is 133 Å². The van der Waals surface area contributed by atoms with E-state index < -0.39 is 0 Å². The first kappa shape index (κ1) is 15.8. The minimum atomic E-state index is -0.274. The highest BCUT2D eigenvalue weighted by molar-refractivity contribution is 9.10. The SMILES string of the molecule is Cc1cc(Br)ccc1NC(=O)NC1CC(=O)N(C(C)C)C1. The summed E-state index contributed by atoms with van der Waals surface area (Å²) in [6, 6.07) is 5.43. The van der Waals surface area contributed by atoms with Crippen molar-refractivity contribution in [1.29, 1.82) is 0 Å². The molecular formula is C15H20BrN3O2. The molecule has 1 fully saturated rings. The smallest absolute Gasteiger partial charge is 0.319 e. The largest absolute Gasteiger partial charge is 0.338 e. The van der Waals surface area contributed by atoms with Gasteiger partial charge in [-0.05, 0) is 44.5 Å². The van der Waals surface area contributed by atoms with E-state index >= 15 is 0 Å². The highest BCUT2D eigenvalue weighted by atomic mass is 79.9. The second kappa shape index (κ2) is 6.47. The minimum absolute atomic E-state index is 0.0927. The third kappa shape index (κ3) is 3.97. The molecule has 6 heteroatoms. The lowest BCUT2D eigenvalue weighted by Crippen LogP contribution is -2.40. The molecule has 1 atom stereocenters. The number of amides is 3. The van der Waals surface area contributed by atoms with Gasteiger partial charge in [-0.2, -0.15) is 0 Å². The maximum atomic E-state index is 12.0. The van der Waals surface area contributed by atoms with Gasteiger partial charge in [0.2, 0.25) is 5.91 Å². The Morgan fingerprint density at radius 2 is 2.14 bits per heavy atom. The Morgan fingerprint density at radius 1 is 1.43 bits per heavy atom. The summed E-state index contributed by atoms with van der Waals surface area (Å²) in [5.41, 5.74) is 1.74. The van der Waals surface area contributed by atoms with Crippen LogP contribution in [0.15, 0.2) is 22.7 Å². The molecule has 0 spiro atoms. The van der Waals surface area contributed by atoms with Gasteiger partial charge < -0.3 is 15.5 Å². The van der Waals surface area contributed by atoms with Crippen LogP contribution in [-0.4, -0.2) is 35.5 Å². The van der Waals surface area contributed by atoms with Crippen molar-refractivity contribution in [2.45, 2.75) is 39.3 Å². The molecule has 1 unspecified atom stereocenters. The number of hydrogen-bond donors (Lipinski definition) is 2. The molecule has 1 saturated heterocycles. The number of nitrogens with one attached hydrogen (secondary N) is 2. The van der Waals surface area contributed by atoms with Gasteiger partial charge in [-0.3, -0.25) is 4.79 Å². The second-order valence-electron chi connectivity index (χ2n) is 5.60. The van der Waals surface area contributed by atoms with Crippen LogP contribution in [0.1, 0.15) is 25.8 Å². The molecule has 1 aromatic rings. The normalized spacial score (nSPS) is 18.2. The van der Waals surface area contributed by atoms with Crippen LogP contribution in [0.2, 0.25) is 0 Å². The van der Waals surface area contributed by atoms with Gasteiger partial charge in [-0.25, -0.2) is 4.79 Å². The molecule has 1 heterocycles. The van der Waals surface area contributed by atoms with Crippen LogP contribution in [0.4, 0.5) is 10.5 Å². The molecule has 5 nitrogen and oxygen atoms in total. The first-order valence-electron chi connectivity index (χ1n) is 7.00. The molecule has 21 heavy (non-hydrogen) atoms. The first-order chi connectivity index (χ1) is 9.86. The van der Waals surface area contributed by atoms with Crippen molar-refractivity contribution in [2.75, 3.05) is 11.9 Å². The highest BCUT2D eigenvalue weighted by Crippen LogP contribution is 2.20. The predicted molar refractivity (Wildman–Crippen MR) is 86.3 cm³/mol. The molecule has 0 bridgehead atoms. The predicted octanol–water partition coefficient (Wildman–Crippen LogP) is 2.89. The van der Waals surface area contributed by atoms with Gasteiger partial charge in [0, 0.05) is 29.2 Å². The number of carbonyl (C=O) groups excluding carboxylic acids is 2. The Bertz CT molecular complexity index is 560. The summed E-state index contributed by atoms with van der Waals surface area (Å²) in [6.45, 7) is 6.46. The summed E-state index contributed by atoms with van der Waals surface area (Å²) in [5.74, 6) is 0.0927. The Kier molecular flexibility index (Phi) is 4.88. The summed E-state index contributed by atoms with van der Waals surface area (Å²) in [7, 11) is 0. The lowest BCUT2D eigenvalue weighted by Gasteiger charge is -2.21. The lowest BCUT2D eigenvalue weighted by atomic mass is 10.2. The van der Waals surface area contributed by atoms with Crippen molar-refractivity contribution in [2.24, 2.45) is 0 Å². The lowest BCUT2D eigenvalue weighted by molar-refractivity contribution is -0.129. The number of halogens is 1. The van der Waals surface area contributed by atoms with Gasteiger partial charge in [-0.15, -0.1) is 0 Å². The molecule has 0 aromatic heterocycles. The van der Waals surface area contributed by atoms with Gasteiger partial charge in [0.25, 0.3) is 0 Å². The number of anilines is 1. The van der Waals surface area contributed by atoms with E-state index in [1.165, 1.54) is 0 Å². The number of nitrogens with zero attached hydrogens (tertiary/aromatic N) is 1. The summed E-state index contributed by atoms with van der Waals surface area (Å²) in [4.78, 5) is 25.6. The zero-order chi connectivity index (χ0) is 15.6. The van der Waals surface area contributed by atoms with E-state index in [4.69, 9.17) is 0 Å². The Morgan fingerprint density at radius 3 is 2.71 bits per heavy atom. The second-order valence-corrected chi connectivity index (χ2v) is 6.51. The van der Waals surface area contributed by atoms with Crippen LogP contribution in [0.3, 0.4) is 0 Å². The minimum Gasteiger partial charge on any atom is -0.338 e. The molecular weight excluding hydrogens is 334 g/mol. The van der Waals surface area contributed by atoms with Gasteiger partial charge in [0.15, 0.2) is 0 Å². The first-order valence-corrected chi connectivity index (χ1v) is 7.79. The number of aryl methyl sites for hydroxylation is 1. The average Bonchev–Trinajstić information content (AvgIpc) is 2.74. The van der Waals surface area contributed by atoms with Crippen molar-refractivity contribution >= 4 is 33.6 Å². The van der Waals surface area contributed by atoms with Crippen molar-refractivity contribution < 1.29 is 9.59 Å². The van der Waals surface area contributed by atoms with E-state index in [9.17, 15) is 9.59 Å². The number of carbonyl (C=O) groups is 2. The van der Waals surface area contributed by atoms with E-state index in [0.717, 1.165) is 15.7 Å². The maximum Gasteiger partial charge on any atom is 0.319 e. The third-order valence-corrected chi connectivity index (χ3v) is 4.05. The standard InChI is InChI=1S/C15H20BrN3O2/c1-9(2)19-8-12(7-14(19)20)17-15(21)18-13-5-4-11(16)6-10(13)3/h4-6,9,12H,7-8H2,1-3H3,(H2,17,18,21). The number of hydrogen-bond acceptors (Lipinski definition) is 2. The van der Waals surface area contributed by atoms with Crippen molar-refractivity contribution in [3.05, 3.63) is 28.2 Å². The fourth-order valence-corrected chi connectivity index (χ4v) is 2.91. The third-order valence-electron chi connectivity index (χ3n) is 3.55. The van der Waals surface area contributed by atoms with Crippen LogP contribution in [0, 0.1) is 6.92 Å². The molecule has 1 aliphatic rings. The van der Waals surface area contributed by atoms with E-state index in [0.29, 0.717) is 13.0 Å². The number of rotatable bonds is 3. The van der Waals surface area contributed by atoms with Crippen molar-refractivity contribution in [3.8, 4) is 0 Å². The Balaban J connectivity index is 1.92. The zero-order valence-corrected chi connectivity index (χ0v) is 14.0. The van der Waals surface area contributed by atoms with E-state index in [2.05, 4.69) is 26.6 Å². The molecule has 0 radical (unpaired) electrons. The van der Waals surface area contributed by atoms with Crippen LogP contribution in [0.5, 0.6) is 0 Å². The summed E-state index contributed by atoms with van der Waals surface area (Å²) < 4.78 is 0.972. The average molecular weight is 354 g/mol. The van der Waals surface area contributed by atoms with Crippen LogP contribution in [-0.2, 0) is 4.79 Å². The summed E-state index contributed by atoms with van der Waals surface area (Å²) >= 11 is 3.39. The number of benzene rings is 1. The van der Waals surface area contributed by atoms with Gasteiger partial charge >= 0.3 is 6.03 Å². The fourth-order valence-electron chi connectivity index (χ4n) is 2.44. The van der Waals surface area contributed by atoms with E-state index in [1.807, 2.05) is 39.0 Å². The molecule has 2 rings (SSSR count). The van der Waals surface area contributed by atoms with Gasteiger partial charge in [0.1, 0.15) is 0 Å². The van der Waals surface area contributed by atoms with Crippen molar-refractivity contribution in [3.63, 3.8) is 0 Å². The molecule has 114 valence electrons. The zero-order valence-electron chi connectivity index (χ0n) is 12.4. The van der Waals surface area contributed by atoms with Gasteiger partial charge in [-0.1, -0.05) is 15.9 Å². The molecule has 1 aliphatic heterocycles. The van der Waals surface area contributed by atoms with Crippen LogP contribution < -0.4 is 10.6 Å². The monoisotopic (exact) mass is 353 g/mol. The van der Waals surface area contributed by atoms with Crippen LogP contribution >= 0.6 is 15.9 Å². The molecule has 0 saturated carbocycles. The van der Waals surface area contributed by atoms with Crippen LogP contribution in [0.25, 0.3) is 0 Å². The van der Waals surface area contributed by atoms with E-state index in [1.54, 1.807) is 4.90 Å². The highest BCUT2D eigenvalue weighted by Gasteiger charge is 2.31. The molecule has 1 aromatic carbocycles. The number of likely N-dealkylation sites (tertiary alicyclic amines) is 1. The van der Waals surface area contributed by atoms with Crippen molar-refractivity contribution in [1.82, 2.24) is 10.2 Å². The topological polar surface area (TPSA) is 61.4 Å². The molecule has 0 aliphatic carbocycles. The number of urea groups is 1. The Hall–Kier alpha value is -1.56. The summed E-state index contributed by atoms with van der Waals surface area (Å²) in [6.07, 6.45) is 0.366. The quantitative estimate of drug-likeness (QED) is 0.877. The van der Waals surface area contributed by atoms with Gasteiger partial charge in [0.05, 0.1) is 6.04 Å². The van der Waals surface area contributed by atoms with E-state index in [-0.39, 0.29) is 24.0 Å².